The molecule has 1 aromatic heterocycles. The Hall–Kier alpha value is -7.42. The van der Waals surface area contributed by atoms with Crippen LogP contribution in [0, 0.1) is 0 Å². The second kappa shape index (κ2) is 14.4. The molecule has 0 unspecified atom stereocenters. The fraction of sp³-hybridized carbons (Fsp3) is 0. The molecular formula is C54H37NO. The number of furan rings is 1. The third-order valence-electron chi connectivity index (χ3n) is 10.7. The van der Waals surface area contributed by atoms with E-state index in [0.29, 0.717) is 0 Å². The van der Waals surface area contributed by atoms with E-state index in [2.05, 4.69) is 217 Å². The molecule has 10 aromatic rings. The van der Waals surface area contributed by atoms with Gasteiger partial charge >= 0.3 is 0 Å². The molecule has 0 aliphatic rings. The highest BCUT2D eigenvalue weighted by molar-refractivity contribution is 6.06. The van der Waals surface area contributed by atoms with Crippen molar-refractivity contribution in [1.82, 2.24) is 0 Å². The van der Waals surface area contributed by atoms with Crippen molar-refractivity contribution in [2.75, 3.05) is 4.90 Å². The van der Waals surface area contributed by atoms with Gasteiger partial charge in [0.05, 0.1) is 0 Å². The van der Waals surface area contributed by atoms with Crippen molar-refractivity contribution >= 4 is 39.0 Å². The fourth-order valence-electron chi connectivity index (χ4n) is 7.86. The Kier molecular flexibility index (Phi) is 8.55. The minimum atomic E-state index is 0.900. The monoisotopic (exact) mass is 715 g/mol. The van der Waals surface area contributed by atoms with Gasteiger partial charge in [-0.1, -0.05) is 164 Å². The third kappa shape index (κ3) is 6.34. The second-order valence-electron chi connectivity index (χ2n) is 14.1. The van der Waals surface area contributed by atoms with Crippen LogP contribution in [0.5, 0.6) is 0 Å². The summed E-state index contributed by atoms with van der Waals surface area (Å²) in [6.07, 6.45) is 0. The lowest BCUT2D eigenvalue weighted by atomic mass is 9.91. The molecule has 0 aliphatic carbocycles. The summed E-state index contributed by atoms with van der Waals surface area (Å²) in [4.78, 5) is 2.35. The standard InChI is InChI=1S/C54H37NO/c1-4-13-38(14-5-1)39-23-29-46(30-24-39)55(48-20-12-19-43(35-48)45-28-34-54-52(37-45)50-21-10-11-22-53(50)56-54)47-31-25-40(26-32-47)44-27-33-49(41-15-6-2-7-16-41)51(36-44)42-17-8-3-9-18-42/h1-37H. The number of para-hydroxylation sites is 1. The number of benzene rings is 9. The molecule has 2 nitrogen and oxygen atoms in total. The Balaban J connectivity index is 1.05. The predicted octanol–water partition coefficient (Wildman–Crippen LogP) is 15.4. The molecule has 0 amide bonds. The summed E-state index contributed by atoms with van der Waals surface area (Å²) >= 11 is 0. The molecule has 0 atom stereocenters. The highest BCUT2D eigenvalue weighted by atomic mass is 16.3. The molecule has 56 heavy (non-hydrogen) atoms. The van der Waals surface area contributed by atoms with Crippen LogP contribution in [0.4, 0.5) is 17.1 Å². The first-order valence-electron chi connectivity index (χ1n) is 19.1. The zero-order valence-electron chi connectivity index (χ0n) is 30.7. The SMILES string of the molecule is c1ccc(-c2ccc(N(c3ccc(-c4ccc(-c5ccccc5)c(-c5ccccc5)c4)cc3)c3cccc(-c4ccc5oc6ccccc6c5c4)c3)cc2)cc1. The number of hydrogen-bond acceptors (Lipinski definition) is 2. The van der Waals surface area contributed by atoms with E-state index in [9.17, 15) is 0 Å². The van der Waals surface area contributed by atoms with Gasteiger partial charge in [-0.05, 0) is 116 Å². The van der Waals surface area contributed by atoms with Crippen LogP contribution in [0.2, 0.25) is 0 Å². The van der Waals surface area contributed by atoms with Crippen molar-refractivity contribution in [3.05, 3.63) is 224 Å². The molecule has 9 aromatic carbocycles. The molecule has 1 heterocycles. The summed E-state index contributed by atoms with van der Waals surface area (Å²) in [6, 6.07) is 80.1. The van der Waals surface area contributed by atoms with E-state index >= 15 is 0 Å². The molecule has 0 saturated carbocycles. The molecule has 2 heteroatoms. The van der Waals surface area contributed by atoms with Gasteiger partial charge in [-0.3, -0.25) is 0 Å². The van der Waals surface area contributed by atoms with E-state index in [1.165, 1.54) is 44.5 Å². The minimum absolute atomic E-state index is 0.900. The van der Waals surface area contributed by atoms with E-state index in [-0.39, 0.29) is 0 Å². The number of anilines is 3. The van der Waals surface area contributed by atoms with E-state index < -0.39 is 0 Å². The number of rotatable bonds is 8. The van der Waals surface area contributed by atoms with Gasteiger partial charge in [-0.15, -0.1) is 0 Å². The number of hydrogen-bond donors (Lipinski definition) is 0. The lowest BCUT2D eigenvalue weighted by molar-refractivity contribution is 0.669. The molecule has 10 rings (SSSR count). The Morgan fingerprint density at radius 3 is 1.39 bits per heavy atom. The quantitative estimate of drug-likeness (QED) is 0.156. The molecule has 0 aliphatic heterocycles. The summed E-state index contributed by atoms with van der Waals surface area (Å²) in [5.74, 6) is 0. The Morgan fingerprint density at radius 2 is 0.714 bits per heavy atom. The number of fused-ring (bicyclic) bond motifs is 3. The van der Waals surface area contributed by atoms with Crippen molar-refractivity contribution in [3.63, 3.8) is 0 Å². The normalized spacial score (nSPS) is 11.2. The minimum Gasteiger partial charge on any atom is -0.456 e. The first-order chi connectivity index (χ1) is 27.7. The van der Waals surface area contributed by atoms with Gasteiger partial charge in [-0.25, -0.2) is 0 Å². The molecule has 264 valence electrons. The fourth-order valence-corrected chi connectivity index (χ4v) is 7.86. The maximum absolute atomic E-state index is 6.15. The van der Waals surface area contributed by atoms with E-state index in [4.69, 9.17) is 4.42 Å². The number of nitrogens with zero attached hydrogens (tertiary/aromatic N) is 1. The summed E-state index contributed by atoms with van der Waals surface area (Å²) in [5.41, 5.74) is 16.9. The summed E-state index contributed by atoms with van der Waals surface area (Å²) < 4.78 is 6.15. The van der Waals surface area contributed by atoms with Gasteiger partial charge in [-0.2, -0.15) is 0 Å². The maximum Gasteiger partial charge on any atom is 0.135 e. The highest BCUT2D eigenvalue weighted by Crippen LogP contribution is 2.41. The van der Waals surface area contributed by atoms with Crippen molar-refractivity contribution in [2.24, 2.45) is 0 Å². The predicted molar refractivity (Wildman–Crippen MR) is 236 cm³/mol. The summed E-state index contributed by atoms with van der Waals surface area (Å²) in [5, 5.41) is 2.26. The van der Waals surface area contributed by atoms with Gasteiger partial charge < -0.3 is 9.32 Å². The van der Waals surface area contributed by atoms with Crippen LogP contribution in [-0.4, -0.2) is 0 Å². The second-order valence-corrected chi connectivity index (χ2v) is 14.1. The average Bonchev–Trinajstić information content (AvgIpc) is 3.66. The van der Waals surface area contributed by atoms with Crippen molar-refractivity contribution in [2.45, 2.75) is 0 Å². The van der Waals surface area contributed by atoms with Gasteiger partial charge in [0.1, 0.15) is 11.2 Å². The van der Waals surface area contributed by atoms with Gasteiger partial charge in [0.2, 0.25) is 0 Å². The van der Waals surface area contributed by atoms with Crippen molar-refractivity contribution in [1.29, 1.82) is 0 Å². The molecule has 0 fully saturated rings. The maximum atomic E-state index is 6.15. The average molecular weight is 716 g/mol. The Morgan fingerprint density at radius 1 is 0.250 bits per heavy atom. The Bertz CT molecular complexity index is 2930. The lowest BCUT2D eigenvalue weighted by Crippen LogP contribution is -2.10. The first kappa shape index (κ1) is 33.2. The molecule has 0 radical (unpaired) electrons. The van der Waals surface area contributed by atoms with E-state index in [1.807, 2.05) is 12.1 Å². The van der Waals surface area contributed by atoms with E-state index in [0.717, 1.165) is 50.1 Å². The van der Waals surface area contributed by atoms with Crippen LogP contribution in [0.25, 0.3) is 77.6 Å². The summed E-state index contributed by atoms with van der Waals surface area (Å²) in [6.45, 7) is 0. The molecular weight excluding hydrogens is 679 g/mol. The van der Waals surface area contributed by atoms with Crippen LogP contribution in [0.3, 0.4) is 0 Å². The van der Waals surface area contributed by atoms with Crippen LogP contribution < -0.4 is 4.90 Å². The molecule has 0 N–H and O–H groups in total. The zero-order valence-corrected chi connectivity index (χ0v) is 30.7. The van der Waals surface area contributed by atoms with Crippen molar-refractivity contribution < 1.29 is 4.42 Å². The lowest BCUT2D eigenvalue weighted by Gasteiger charge is -2.26. The Labute approximate surface area is 327 Å². The van der Waals surface area contributed by atoms with Crippen LogP contribution in [-0.2, 0) is 0 Å². The van der Waals surface area contributed by atoms with E-state index in [1.54, 1.807) is 0 Å². The van der Waals surface area contributed by atoms with Gasteiger partial charge in [0.15, 0.2) is 0 Å². The van der Waals surface area contributed by atoms with Crippen LogP contribution in [0.15, 0.2) is 229 Å². The smallest absolute Gasteiger partial charge is 0.135 e. The topological polar surface area (TPSA) is 16.4 Å². The van der Waals surface area contributed by atoms with Crippen LogP contribution >= 0.6 is 0 Å². The zero-order chi connectivity index (χ0) is 37.3. The first-order valence-corrected chi connectivity index (χ1v) is 19.1. The largest absolute Gasteiger partial charge is 0.456 e. The summed E-state index contributed by atoms with van der Waals surface area (Å²) in [7, 11) is 0. The van der Waals surface area contributed by atoms with Crippen molar-refractivity contribution in [3.8, 4) is 55.6 Å². The molecule has 0 spiro atoms. The third-order valence-corrected chi connectivity index (χ3v) is 10.7. The van der Waals surface area contributed by atoms with Gasteiger partial charge in [0, 0.05) is 27.8 Å². The molecule has 0 bridgehead atoms. The van der Waals surface area contributed by atoms with Crippen LogP contribution in [0.1, 0.15) is 0 Å². The molecule has 0 saturated heterocycles. The van der Waals surface area contributed by atoms with Gasteiger partial charge in [0.25, 0.3) is 0 Å². The highest BCUT2D eigenvalue weighted by Gasteiger charge is 2.16.